The molecule has 1 rings (SSSR count). The molecule has 3 nitrogen and oxygen atoms in total. The molecule has 1 aromatic carbocycles. The van der Waals surface area contributed by atoms with Crippen molar-refractivity contribution in [1.29, 1.82) is 0 Å². The minimum absolute atomic E-state index is 0.272. The minimum atomic E-state index is -0.331. The molecular weight excluding hydrogens is 260 g/mol. The Labute approximate surface area is 97.5 Å². The molecule has 0 saturated heterocycles. The lowest BCUT2D eigenvalue weighted by atomic mass is 10.0. The third-order valence-electron chi connectivity index (χ3n) is 2.22. The van der Waals surface area contributed by atoms with Crippen molar-refractivity contribution in [1.82, 2.24) is 0 Å². The van der Waals surface area contributed by atoms with Gasteiger partial charge < -0.3 is 9.47 Å². The van der Waals surface area contributed by atoms with E-state index in [2.05, 4.69) is 15.9 Å². The molecule has 0 fully saturated rings. The number of benzene rings is 1. The molecule has 0 saturated carbocycles. The highest BCUT2D eigenvalue weighted by atomic mass is 79.9. The number of rotatable bonds is 3. The van der Waals surface area contributed by atoms with E-state index in [1.165, 1.54) is 7.11 Å². The summed E-state index contributed by atoms with van der Waals surface area (Å²) in [6, 6.07) is 5.58. The summed E-state index contributed by atoms with van der Waals surface area (Å²) < 4.78 is 10.8. The fourth-order valence-corrected chi connectivity index (χ4v) is 1.93. The Bertz CT molecular complexity index is 363. The normalized spacial score (nSPS) is 12.0. The van der Waals surface area contributed by atoms with E-state index < -0.39 is 0 Å². The van der Waals surface area contributed by atoms with Gasteiger partial charge in [-0.1, -0.05) is 12.1 Å². The van der Waals surface area contributed by atoms with E-state index in [0.29, 0.717) is 5.75 Å². The first kappa shape index (κ1) is 12.0. The largest absolute Gasteiger partial charge is 0.495 e. The molecule has 0 N–H and O–H groups in total. The molecule has 15 heavy (non-hydrogen) atoms. The van der Waals surface area contributed by atoms with Crippen molar-refractivity contribution in [3.63, 3.8) is 0 Å². The topological polar surface area (TPSA) is 35.5 Å². The van der Waals surface area contributed by atoms with E-state index in [-0.39, 0.29) is 11.9 Å². The number of carbonyl (C=O) groups is 1. The second-order valence-corrected chi connectivity index (χ2v) is 3.96. The van der Waals surface area contributed by atoms with Crippen LogP contribution in [0.5, 0.6) is 5.75 Å². The lowest BCUT2D eigenvalue weighted by molar-refractivity contribution is -0.142. The van der Waals surface area contributed by atoms with Crippen molar-refractivity contribution in [2.75, 3.05) is 14.2 Å². The Hall–Kier alpha value is -1.03. The van der Waals surface area contributed by atoms with Crippen LogP contribution >= 0.6 is 15.9 Å². The molecule has 0 heterocycles. The number of para-hydroxylation sites is 1. The van der Waals surface area contributed by atoms with Crippen LogP contribution in [0.2, 0.25) is 0 Å². The average molecular weight is 273 g/mol. The van der Waals surface area contributed by atoms with Gasteiger partial charge in [-0.05, 0) is 28.9 Å². The van der Waals surface area contributed by atoms with Gasteiger partial charge in [-0.2, -0.15) is 0 Å². The SMILES string of the molecule is COC(=O)C(C)c1cccc(Br)c1OC. The smallest absolute Gasteiger partial charge is 0.312 e. The molecule has 1 aromatic rings. The maximum absolute atomic E-state index is 11.4. The Morgan fingerprint density at radius 2 is 2.07 bits per heavy atom. The van der Waals surface area contributed by atoms with E-state index in [1.807, 2.05) is 18.2 Å². The average Bonchev–Trinajstić information content (AvgIpc) is 2.26. The first-order chi connectivity index (χ1) is 7.11. The van der Waals surface area contributed by atoms with Crippen LogP contribution < -0.4 is 4.74 Å². The van der Waals surface area contributed by atoms with Crippen molar-refractivity contribution in [2.24, 2.45) is 0 Å². The monoisotopic (exact) mass is 272 g/mol. The lowest BCUT2D eigenvalue weighted by Gasteiger charge is -2.14. The van der Waals surface area contributed by atoms with Crippen molar-refractivity contribution in [2.45, 2.75) is 12.8 Å². The highest BCUT2D eigenvalue weighted by Gasteiger charge is 2.20. The van der Waals surface area contributed by atoms with Crippen molar-refractivity contribution in [3.05, 3.63) is 28.2 Å². The predicted molar refractivity (Wildman–Crippen MR) is 61.1 cm³/mol. The zero-order chi connectivity index (χ0) is 11.4. The van der Waals surface area contributed by atoms with Gasteiger partial charge in [0.25, 0.3) is 0 Å². The second-order valence-electron chi connectivity index (χ2n) is 3.11. The Balaban J connectivity index is 3.13. The molecule has 0 aliphatic heterocycles. The summed E-state index contributed by atoms with van der Waals surface area (Å²) in [6.45, 7) is 1.79. The molecule has 0 aromatic heterocycles. The van der Waals surface area contributed by atoms with Crippen LogP contribution in [0.3, 0.4) is 0 Å². The Morgan fingerprint density at radius 3 is 2.60 bits per heavy atom. The van der Waals surface area contributed by atoms with Crippen LogP contribution in [-0.4, -0.2) is 20.2 Å². The Kier molecular flexibility index (Phi) is 4.15. The summed E-state index contributed by atoms with van der Waals surface area (Å²) in [7, 11) is 2.96. The summed E-state index contributed by atoms with van der Waals surface area (Å²) in [5.74, 6) is 0.0734. The standard InChI is InChI=1S/C11H13BrO3/c1-7(11(13)15-3)8-5-4-6-9(12)10(8)14-2/h4-7H,1-3H3. The van der Waals surface area contributed by atoms with Crippen molar-refractivity contribution < 1.29 is 14.3 Å². The minimum Gasteiger partial charge on any atom is -0.495 e. The van der Waals surface area contributed by atoms with Gasteiger partial charge in [0.05, 0.1) is 24.6 Å². The first-order valence-electron chi connectivity index (χ1n) is 4.52. The maximum atomic E-state index is 11.4. The third-order valence-corrected chi connectivity index (χ3v) is 2.85. The quantitative estimate of drug-likeness (QED) is 0.794. The van der Waals surface area contributed by atoms with E-state index in [9.17, 15) is 4.79 Å². The van der Waals surface area contributed by atoms with Gasteiger partial charge in [0, 0.05) is 5.56 Å². The highest BCUT2D eigenvalue weighted by Crippen LogP contribution is 2.33. The van der Waals surface area contributed by atoms with Gasteiger partial charge in [-0.15, -0.1) is 0 Å². The first-order valence-corrected chi connectivity index (χ1v) is 5.31. The van der Waals surface area contributed by atoms with Crippen LogP contribution in [0.1, 0.15) is 18.4 Å². The molecular formula is C11H13BrO3. The number of ether oxygens (including phenoxy) is 2. The second kappa shape index (κ2) is 5.16. The lowest BCUT2D eigenvalue weighted by Crippen LogP contribution is -2.11. The number of halogens is 1. The van der Waals surface area contributed by atoms with E-state index in [1.54, 1.807) is 14.0 Å². The van der Waals surface area contributed by atoms with Gasteiger partial charge in [-0.25, -0.2) is 0 Å². The summed E-state index contributed by atoms with van der Waals surface area (Å²) >= 11 is 3.37. The number of esters is 1. The van der Waals surface area contributed by atoms with Crippen LogP contribution in [0.4, 0.5) is 0 Å². The van der Waals surface area contributed by atoms with Crippen LogP contribution in [-0.2, 0) is 9.53 Å². The molecule has 4 heteroatoms. The fourth-order valence-electron chi connectivity index (χ4n) is 1.39. The van der Waals surface area contributed by atoms with Crippen LogP contribution in [0, 0.1) is 0 Å². The summed E-state index contributed by atoms with van der Waals surface area (Å²) in [6.07, 6.45) is 0. The van der Waals surface area contributed by atoms with Gasteiger partial charge in [0.15, 0.2) is 0 Å². The highest BCUT2D eigenvalue weighted by molar-refractivity contribution is 9.10. The third kappa shape index (κ3) is 2.50. The Morgan fingerprint density at radius 1 is 1.40 bits per heavy atom. The molecule has 1 atom stereocenters. The molecule has 82 valence electrons. The van der Waals surface area contributed by atoms with Gasteiger partial charge in [-0.3, -0.25) is 4.79 Å². The number of carbonyl (C=O) groups excluding carboxylic acids is 1. The zero-order valence-corrected chi connectivity index (χ0v) is 10.5. The van der Waals surface area contributed by atoms with Crippen LogP contribution in [0.25, 0.3) is 0 Å². The van der Waals surface area contributed by atoms with E-state index in [4.69, 9.17) is 9.47 Å². The van der Waals surface area contributed by atoms with Gasteiger partial charge in [0.1, 0.15) is 5.75 Å². The van der Waals surface area contributed by atoms with E-state index >= 15 is 0 Å². The summed E-state index contributed by atoms with van der Waals surface area (Å²) in [5, 5.41) is 0. The molecule has 0 radical (unpaired) electrons. The maximum Gasteiger partial charge on any atom is 0.312 e. The summed E-state index contributed by atoms with van der Waals surface area (Å²) in [4.78, 5) is 11.4. The zero-order valence-electron chi connectivity index (χ0n) is 8.91. The summed E-state index contributed by atoms with van der Waals surface area (Å²) in [5.41, 5.74) is 0.818. The van der Waals surface area contributed by atoms with Crippen molar-refractivity contribution in [3.8, 4) is 5.75 Å². The number of hydrogen-bond donors (Lipinski definition) is 0. The number of hydrogen-bond acceptors (Lipinski definition) is 3. The van der Waals surface area contributed by atoms with Crippen molar-refractivity contribution >= 4 is 21.9 Å². The molecule has 0 aliphatic carbocycles. The molecule has 0 spiro atoms. The molecule has 0 bridgehead atoms. The molecule has 0 amide bonds. The molecule has 1 unspecified atom stereocenters. The predicted octanol–water partition coefficient (Wildman–Crippen LogP) is 2.73. The van der Waals surface area contributed by atoms with Gasteiger partial charge >= 0.3 is 5.97 Å². The fraction of sp³-hybridized carbons (Fsp3) is 0.364. The number of methoxy groups -OCH3 is 2. The van der Waals surface area contributed by atoms with Crippen LogP contribution in [0.15, 0.2) is 22.7 Å². The van der Waals surface area contributed by atoms with Gasteiger partial charge in [0.2, 0.25) is 0 Å². The van der Waals surface area contributed by atoms with E-state index in [0.717, 1.165) is 10.0 Å². The molecule has 0 aliphatic rings.